The van der Waals surface area contributed by atoms with Crippen molar-refractivity contribution in [2.45, 2.75) is 9.79 Å². The van der Waals surface area contributed by atoms with Crippen LogP contribution in [-0.4, -0.2) is 0 Å². The molecular formula is C12H9IOS. The summed E-state index contributed by atoms with van der Waals surface area (Å²) in [6.45, 7) is 0. The smallest absolute Gasteiger partial charge is 0.140 e. The Labute approximate surface area is 103 Å². The molecular weight excluding hydrogens is 319 g/mol. The Morgan fingerprint density at radius 2 is 1.27 bits per heavy atom. The predicted molar refractivity (Wildman–Crippen MR) is 72.5 cm³/mol. The summed E-state index contributed by atoms with van der Waals surface area (Å²) in [6, 6.07) is 16.6. The molecule has 3 rings (SSSR count). The van der Waals surface area contributed by atoms with Crippen LogP contribution in [0.5, 0.6) is 11.5 Å². The van der Waals surface area contributed by atoms with E-state index in [1.807, 2.05) is 24.3 Å². The molecule has 15 heavy (non-hydrogen) atoms. The van der Waals surface area contributed by atoms with Gasteiger partial charge in [-0.1, -0.05) is 24.3 Å². The van der Waals surface area contributed by atoms with Gasteiger partial charge >= 0.3 is 0 Å². The van der Waals surface area contributed by atoms with Crippen molar-refractivity contribution in [2.24, 2.45) is 0 Å². The molecule has 0 amide bonds. The Bertz CT molecular complexity index is 467. The average molecular weight is 328 g/mol. The Hall–Kier alpha value is -0.680. The minimum absolute atomic E-state index is 0.278. The first-order chi connectivity index (χ1) is 7.36. The Balaban J connectivity index is 2.20. The number of halogens is 1. The van der Waals surface area contributed by atoms with Crippen LogP contribution in [0.2, 0.25) is 0 Å². The lowest BCUT2D eigenvalue weighted by Crippen LogP contribution is -1.96. The molecule has 0 bridgehead atoms. The van der Waals surface area contributed by atoms with Crippen molar-refractivity contribution in [1.29, 1.82) is 0 Å². The van der Waals surface area contributed by atoms with E-state index in [0.29, 0.717) is 0 Å². The molecule has 1 aliphatic rings. The van der Waals surface area contributed by atoms with Crippen LogP contribution < -0.4 is 4.74 Å². The first-order valence-electron chi connectivity index (χ1n) is 4.68. The van der Waals surface area contributed by atoms with Crippen LogP contribution in [0.25, 0.3) is 0 Å². The highest BCUT2D eigenvalue weighted by atomic mass is 127. The lowest BCUT2D eigenvalue weighted by Gasteiger charge is -2.26. The molecule has 0 fully saturated rings. The zero-order chi connectivity index (χ0) is 10.3. The topological polar surface area (TPSA) is 9.23 Å². The van der Waals surface area contributed by atoms with Crippen molar-refractivity contribution in [2.75, 3.05) is 0 Å². The molecule has 2 aromatic rings. The van der Waals surface area contributed by atoms with Crippen LogP contribution in [0, 0.1) is 0 Å². The molecule has 0 N–H and O–H groups in total. The highest BCUT2D eigenvalue weighted by Gasteiger charge is 2.21. The molecule has 2 aromatic carbocycles. The Morgan fingerprint density at radius 1 is 0.800 bits per heavy atom. The van der Waals surface area contributed by atoms with Crippen molar-refractivity contribution in [3.8, 4) is 11.5 Å². The average Bonchev–Trinajstić information content (AvgIpc) is 2.30. The summed E-state index contributed by atoms with van der Waals surface area (Å²) in [7, 11) is -0.278. The van der Waals surface area contributed by atoms with Gasteiger partial charge in [-0.2, -0.15) is 0 Å². The molecule has 1 heterocycles. The molecule has 1 nitrogen and oxygen atoms in total. The monoisotopic (exact) mass is 328 g/mol. The van der Waals surface area contributed by atoms with E-state index in [0.717, 1.165) is 11.5 Å². The summed E-state index contributed by atoms with van der Waals surface area (Å²) in [5.74, 6) is 2.02. The summed E-state index contributed by atoms with van der Waals surface area (Å²) in [4.78, 5) is 2.65. The minimum atomic E-state index is -0.278. The van der Waals surface area contributed by atoms with Crippen LogP contribution in [-0.2, 0) is 0 Å². The molecule has 0 saturated heterocycles. The van der Waals surface area contributed by atoms with E-state index < -0.39 is 0 Å². The molecule has 0 saturated carbocycles. The SMILES string of the molecule is I[SH]1c2ccccc2Oc2ccccc21. The predicted octanol–water partition coefficient (Wildman–Crippen LogP) is 4.56. The van der Waals surface area contributed by atoms with E-state index >= 15 is 0 Å². The van der Waals surface area contributed by atoms with Gasteiger partial charge in [0.15, 0.2) is 0 Å². The fraction of sp³-hybridized carbons (Fsp3) is 0. The Morgan fingerprint density at radius 3 is 1.80 bits per heavy atom. The molecule has 76 valence electrons. The largest absolute Gasteiger partial charge is 0.455 e. The van der Waals surface area contributed by atoms with Crippen molar-refractivity contribution < 1.29 is 4.74 Å². The van der Waals surface area contributed by atoms with E-state index in [9.17, 15) is 0 Å². The van der Waals surface area contributed by atoms with Crippen LogP contribution in [0.15, 0.2) is 58.3 Å². The minimum Gasteiger partial charge on any atom is -0.455 e. The molecule has 1 aliphatic heterocycles. The maximum Gasteiger partial charge on any atom is 0.140 e. The van der Waals surface area contributed by atoms with Gasteiger partial charge in [-0.25, -0.2) is 0 Å². The first-order valence-corrected chi connectivity index (χ1v) is 8.81. The van der Waals surface area contributed by atoms with E-state index in [-0.39, 0.29) is 8.07 Å². The highest BCUT2D eigenvalue weighted by Crippen LogP contribution is 2.61. The quantitative estimate of drug-likeness (QED) is 0.551. The van der Waals surface area contributed by atoms with E-state index in [2.05, 4.69) is 45.5 Å². The Kier molecular flexibility index (Phi) is 2.36. The van der Waals surface area contributed by atoms with Crippen molar-refractivity contribution in [1.82, 2.24) is 0 Å². The summed E-state index contributed by atoms with van der Waals surface area (Å²) >= 11 is 2.52. The number of benzene rings is 2. The summed E-state index contributed by atoms with van der Waals surface area (Å²) in [5.41, 5.74) is 0. The number of fused-ring (bicyclic) bond motifs is 2. The molecule has 3 heteroatoms. The number of hydrogen-bond donors (Lipinski definition) is 1. The van der Waals surface area contributed by atoms with Gasteiger partial charge in [0.1, 0.15) is 11.5 Å². The standard InChI is InChI=1S/C12H9IOS/c13-15-11-7-3-1-5-9(11)14-10-6-2-4-8-12(10)15/h1-8,15H. The van der Waals surface area contributed by atoms with Crippen LogP contribution >= 0.6 is 29.3 Å². The fourth-order valence-electron chi connectivity index (χ4n) is 1.66. The maximum absolute atomic E-state index is 5.86. The van der Waals surface area contributed by atoms with Crippen molar-refractivity contribution >= 4 is 29.3 Å². The number of rotatable bonds is 0. The third-order valence-electron chi connectivity index (χ3n) is 2.37. The molecule has 0 spiro atoms. The number of para-hydroxylation sites is 2. The zero-order valence-corrected chi connectivity index (χ0v) is 10.9. The number of hydrogen-bond acceptors (Lipinski definition) is 1. The zero-order valence-electron chi connectivity index (χ0n) is 7.85. The number of ether oxygens (including phenoxy) is 1. The van der Waals surface area contributed by atoms with Crippen molar-refractivity contribution in [3.05, 3.63) is 48.5 Å². The van der Waals surface area contributed by atoms with Gasteiger partial charge in [0.05, 0.1) is 0 Å². The van der Waals surface area contributed by atoms with Gasteiger partial charge in [-0.05, 0) is 45.5 Å². The second-order valence-corrected chi connectivity index (χ2v) is 7.74. The van der Waals surface area contributed by atoms with E-state index in [1.54, 1.807) is 0 Å². The maximum atomic E-state index is 5.86. The summed E-state index contributed by atoms with van der Waals surface area (Å²) < 4.78 is 5.86. The third-order valence-corrected chi connectivity index (χ3v) is 7.08. The lowest BCUT2D eigenvalue weighted by molar-refractivity contribution is 0.454. The van der Waals surface area contributed by atoms with Gasteiger partial charge in [0.25, 0.3) is 0 Å². The van der Waals surface area contributed by atoms with Crippen LogP contribution in [0.1, 0.15) is 0 Å². The third kappa shape index (κ3) is 1.54. The number of thiol groups is 1. The molecule has 0 aromatic heterocycles. The van der Waals surface area contributed by atoms with Gasteiger partial charge in [-0.3, -0.25) is 0 Å². The fourth-order valence-corrected chi connectivity index (χ4v) is 5.37. The van der Waals surface area contributed by atoms with Gasteiger partial charge in [0.2, 0.25) is 0 Å². The second kappa shape index (κ2) is 3.72. The van der Waals surface area contributed by atoms with E-state index in [1.165, 1.54) is 9.79 Å². The second-order valence-electron chi connectivity index (χ2n) is 3.32. The molecule has 0 unspecified atom stereocenters. The molecule has 0 radical (unpaired) electrons. The normalized spacial score (nSPS) is 15.1. The summed E-state index contributed by atoms with van der Waals surface area (Å²) in [5, 5.41) is 0. The van der Waals surface area contributed by atoms with Crippen LogP contribution in [0.4, 0.5) is 0 Å². The highest BCUT2D eigenvalue weighted by molar-refractivity contribution is 14.2. The van der Waals surface area contributed by atoms with Gasteiger partial charge in [-0.15, -0.1) is 8.07 Å². The van der Waals surface area contributed by atoms with Gasteiger partial charge in [0, 0.05) is 9.79 Å². The summed E-state index contributed by atoms with van der Waals surface area (Å²) in [6.07, 6.45) is 0. The lowest BCUT2D eigenvalue weighted by atomic mass is 10.3. The van der Waals surface area contributed by atoms with E-state index in [4.69, 9.17) is 4.74 Å². The van der Waals surface area contributed by atoms with Crippen molar-refractivity contribution in [3.63, 3.8) is 0 Å². The van der Waals surface area contributed by atoms with Crippen LogP contribution in [0.3, 0.4) is 0 Å². The van der Waals surface area contributed by atoms with Gasteiger partial charge < -0.3 is 4.74 Å². The first kappa shape index (κ1) is 9.54. The molecule has 0 atom stereocenters. The molecule has 0 aliphatic carbocycles.